The molecule has 1 aromatic rings. The molecule has 0 radical (unpaired) electrons. The standard InChI is InChI=1S/C17H22N2O3/c1-12-4-6-14(7-5-12)13(2)18(3)15(20)10-11-19-16(21)8-9-17(19)22/h4-7,13H,8-11H2,1-3H3. The van der Waals surface area contributed by atoms with Crippen LogP contribution in [0.1, 0.15) is 43.4 Å². The third kappa shape index (κ3) is 3.53. The van der Waals surface area contributed by atoms with Gasteiger partial charge in [0.15, 0.2) is 0 Å². The lowest BCUT2D eigenvalue weighted by atomic mass is 10.1. The van der Waals surface area contributed by atoms with Gasteiger partial charge in [-0.15, -0.1) is 0 Å². The fourth-order valence-corrected chi connectivity index (χ4v) is 2.54. The van der Waals surface area contributed by atoms with E-state index in [2.05, 4.69) is 0 Å². The molecule has 5 nitrogen and oxygen atoms in total. The average Bonchev–Trinajstić information content (AvgIpc) is 2.83. The van der Waals surface area contributed by atoms with Crippen LogP contribution in [0.2, 0.25) is 0 Å². The van der Waals surface area contributed by atoms with Crippen LogP contribution in [-0.4, -0.2) is 41.1 Å². The number of nitrogens with zero attached hydrogens (tertiary/aromatic N) is 2. The van der Waals surface area contributed by atoms with Gasteiger partial charge in [0.2, 0.25) is 17.7 Å². The lowest BCUT2D eigenvalue weighted by molar-refractivity contribution is -0.139. The summed E-state index contributed by atoms with van der Waals surface area (Å²) in [5.74, 6) is -0.417. The zero-order chi connectivity index (χ0) is 16.3. The van der Waals surface area contributed by atoms with Crippen molar-refractivity contribution < 1.29 is 14.4 Å². The Morgan fingerprint density at radius 2 is 1.73 bits per heavy atom. The SMILES string of the molecule is Cc1ccc(C(C)N(C)C(=O)CCN2C(=O)CCC2=O)cc1. The van der Waals surface area contributed by atoms with Crippen LogP contribution >= 0.6 is 0 Å². The minimum atomic E-state index is -0.174. The molecule has 1 atom stereocenters. The van der Waals surface area contributed by atoms with Gasteiger partial charge in [-0.3, -0.25) is 19.3 Å². The van der Waals surface area contributed by atoms with Crippen LogP contribution in [0.15, 0.2) is 24.3 Å². The van der Waals surface area contributed by atoms with Crippen molar-refractivity contribution in [3.05, 3.63) is 35.4 Å². The Morgan fingerprint density at radius 1 is 1.18 bits per heavy atom. The van der Waals surface area contributed by atoms with Gasteiger partial charge in [-0.05, 0) is 19.4 Å². The maximum atomic E-state index is 12.3. The summed E-state index contributed by atoms with van der Waals surface area (Å²) >= 11 is 0. The molecule has 22 heavy (non-hydrogen) atoms. The summed E-state index contributed by atoms with van der Waals surface area (Å²) in [6, 6.07) is 8.02. The minimum absolute atomic E-state index is 0.0434. The van der Waals surface area contributed by atoms with E-state index in [1.165, 1.54) is 10.5 Å². The topological polar surface area (TPSA) is 57.7 Å². The number of likely N-dealkylation sites (tertiary alicyclic amines) is 1. The second-order valence-electron chi connectivity index (χ2n) is 5.78. The van der Waals surface area contributed by atoms with E-state index < -0.39 is 0 Å². The van der Waals surface area contributed by atoms with Crippen molar-refractivity contribution in [1.82, 2.24) is 9.80 Å². The van der Waals surface area contributed by atoms with Crippen molar-refractivity contribution in [1.29, 1.82) is 0 Å². The fraction of sp³-hybridized carbons (Fsp3) is 0.471. The molecule has 0 saturated carbocycles. The van der Waals surface area contributed by atoms with Gasteiger partial charge in [0.25, 0.3) is 0 Å². The number of imide groups is 1. The number of amides is 3. The molecule has 0 spiro atoms. The highest BCUT2D eigenvalue weighted by atomic mass is 16.2. The van der Waals surface area contributed by atoms with Crippen molar-refractivity contribution in [2.24, 2.45) is 0 Å². The maximum Gasteiger partial charge on any atom is 0.229 e. The Morgan fingerprint density at radius 3 is 2.27 bits per heavy atom. The molecule has 1 aliphatic heterocycles. The third-order valence-electron chi connectivity index (χ3n) is 4.24. The number of carbonyl (C=O) groups excluding carboxylic acids is 3. The molecule has 1 saturated heterocycles. The number of benzene rings is 1. The molecular formula is C17H22N2O3. The molecular weight excluding hydrogens is 280 g/mol. The van der Waals surface area contributed by atoms with Gasteiger partial charge in [0, 0.05) is 32.9 Å². The van der Waals surface area contributed by atoms with Gasteiger partial charge >= 0.3 is 0 Å². The molecule has 118 valence electrons. The number of hydrogen-bond acceptors (Lipinski definition) is 3. The summed E-state index contributed by atoms with van der Waals surface area (Å²) in [6.07, 6.45) is 0.704. The monoisotopic (exact) mass is 302 g/mol. The lowest BCUT2D eigenvalue weighted by Crippen LogP contribution is -2.35. The molecule has 5 heteroatoms. The van der Waals surface area contributed by atoms with Crippen LogP contribution < -0.4 is 0 Å². The summed E-state index contributed by atoms with van der Waals surface area (Å²) in [5, 5.41) is 0. The molecule has 1 heterocycles. The molecule has 1 fully saturated rings. The molecule has 1 unspecified atom stereocenters. The van der Waals surface area contributed by atoms with Crippen molar-refractivity contribution in [2.75, 3.05) is 13.6 Å². The second kappa shape index (κ2) is 6.73. The molecule has 0 N–H and O–H groups in total. The van der Waals surface area contributed by atoms with E-state index in [0.29, 0.717) is 0 Å². The average molecular weight is 302 g/mol. The highest BCUT2D eigenvalue weighted by molar-refractivity contribution is 6.02. The summed E-state index contributed by atoms with van der Waals surface area (Å²) in [7, 11) is 1.75. The van der Waals surface area contributed by atoms with E-state index in [4.69, 9.17) is 0 Å². The van der Waals surface area contributed by atoms with Crippen LogP contribution in [-0.2, 0) is 14.4 Å². The Labute approximate surface area is 130 Å². The Hall–Kier alpha value is -2.17. The van der Waals surface area contributed by atoms with Crippen LogP contribution in [0.4, 0.5) is 0 Å². The van der Waals surface area contributed by atoms with Crippen molar-refractivity contribution in [2.45, 2.75) is 39.2 Å². The second-order valence-corrected chi connectivity index (χ2v) is 5.78. The third-order valence-corrected chi connectivity index (χ3v) is 4.24. The van der Waals surface area contributed by atoms with Crippen molar-refractivity contribution in [3.8, 4) is 0 Å². The van der Waals surface area contributed by atoms with E-state index in [1.54, 1.807) is 11.9 Å². The number of hydrogen-bond donors (Lipinski definition) is 0. The molecule has 1 aliphatic rings. The van der Waals surface area contributed by atoms with E-state index in [1.807, 2.05) is 38.1 Å². The largest absolute Gasteiger partial charge is 0.339 e. The summed E-state index contributed by atoms with van der Waals surface area (Å²) < 4.78 is 0. The normalized spacial score (nSPS) is 16.0. The molecule has 1 aromatic carbocycles. The van der Waals surface area contributed by atoms with Crippen LogP contribution in [0.3, 0.4) is 0 Å². The first-order chi connectivity index (χ1) is 10.4. The Balaban J connectivity index is 1.92. The quantitative estimate of drug-likeness (QED) is 0.782. The summed E-state index contributed by atoms with van der Waals surface area (Å²) in [4.78, 5) is 38.2. The maximum absolute atomic E-state index is 12.3. The van der Waals surface area contributed by atoms with Gasteiger partial charge in [-0.1, -0.05) is 29.8 Å². The highest BCUT2D eigenvalue weighted by Gasteiger charge is 2.29. The fourth-order valence-electron chi connectivity index (χ4n) is 2.54. The van der Waals surface area contributed by atoms with E-state index in [9.17, 15) is 14.4 Å². The van der Waals surface area contributed by atoms with E-state index >= 15 is 0 Å². The van der Waals surface area contributed by atoms with Crippen molar-refractivity contribution >= 4 is 17.7 Å². The zero-order valence-corrected chi connectivity index (χ0v) is 13.3. The van der Waals surface area contributed by atoms with Gasteiger partial charge in [0.1, 0.15) is 0 Å². The smallest absolute Gasteiger partial charge is 0.229 e. The number of aryl methyl sites for hydroxylation is 1. The van der Waals surface area contributed by atoms with E-state index in [0.717, 1.165) is 5.56 Å². The predicted molar refractivity (Wildman–Crippen MR) is 82.9 cm³/mol. The van der Waals surface area contributed by atoms with Gasteiger partial charge in [-0.25, -0.2) is 0 Å². The Bertz CT molecular complexity index is 564. The molecule has 3 amide bonds. The van der Waals surface area contributed by atoms with Gasteiger partial charge in [0.05, 0.1) is 6.04 Å². The first kappa shape index (κ1) is 16.2. The molecule has 2 rings (SSSR count). The lowest BCUT2D eigenvalue weighted by Gasteiger charge is -2.26. The number of rotatable bonds is 5. The predicted octanol–water partition coefficient (Wildman–Crippen LogP) is 2.05. The summed E-state index contributed by atoms with van der Waals surface area (Å²) in [5.41, 5.74) is 2.24. The van der Waals surface area contributed by atoms with Gasteiger partial charge in [-0.2, -0.15) is 0 Å². The summed E-state index contributed by atoms with van der Waals surface area (Å²) in [6.45, 7) is 4.17. The first-order valence-corrected chi connectivity index (χ1v) is 7.55. The first-order valence-electron chi connectivity index (χ1n) is 7.55. The van der Waals surface area contributed by atoms with E-state index in [-0.39, 0.29) is 49.6 Å². The van der Waals surface area contributed by atoms with Crippen LogP contribution in [0.5, 0.6) is 0 Å². The van der Waals surface area contributed by atoms with Gasteiger partial charge < -0.3 is 4.90 Å². The number of carbonyl (C=O) groups is 3. The molecule has 0 aromatic heterocycles. The zero-order valence-electron chi connectivity index (χ0n) is 13.3. The minimum Gasteiger partial charge on any atom is -0.339 e. The molecule has 0 bridgehead atoms. The highest BCUT2D eigenvalue weighted by Crippen LogP contribution is 2.20. The van der Waals surface area contributed by atoms with Crippen LogP contribution in [0, 0.1) is 6.92 Å². The van der Waals surface area contributed by atoms with Crippen LogP contribution in [0.25, 0.3) is 0 Å². The Kier molecular flexibility index (Phi) is 4.96. The molecule has 0 aliphatic carbocycles. The van der Waals surface area contributed by atoms with Crippen molar-refractivity contribution in [3.63, 3.8) is 0 Å².